The van der Waals surface area contributed by atoms with Gasteiger partial charge in [-0.05, 0) is 35.9 Å². The Morgan fingerprint density at radius 1 is 0.952 bits per heavy atom. The first-order chi connectivity index (χ1) is 10.2. The molecule has 0 bridgehead atoms. The Morgan fingerprint density at radius 2 is 1.67 bits per heavy atom. The lowest BCUT2D eigenvalue weighted by Gasteiger charge is -2.09. The molecule has 0 fully saturated rings. The number of hydrogen-bond acceptors (Lipinski definition) is 1. The maximum atomic E-state index is 12.5. The summed E-state index contributed by atoms with van der Waals surface area (Å²) in [5.74, 6) is 5.88. The van der Waals surface area contributed by atoms with Crippen LogP contribution in [0.5, 0.6) is 5.75 Å². The molecule has 0 radical (unpaired) electrons. The van der Waals surface area contributed by atoms with Crippen LogP contribution < -0.4 is 4.74 Å². The third kappa shape index (κ3) is 4.57. The van der Waals surface area contributed by atoms with Gasteiger partial charge in [0.25, 0.3) is 0 Å². The molecule has 4 heteroatoms. The smallest absolute Gasteiger partial charge is 0.387 e. The Morgan fingerprint density at radius 3 is 2.33 bits per heavy atom. The van der Waals surface area contributed by atoms with Crippen LogP contribution in [-0.4, -0.2) is 13.3 Å². The number of benzene rings is 2. The van der Waals surface area contributed by atoms with Crippen molar-refractivity contribution in [2.24, 2.45) is 0 Å². The maximum absolute atomic E-state index is 12.5. The van der Waals surface area contributed by atoms with Crippen molar-refractivity contribution in [1.29, 1.82) is 0 Å². The van der Waals surface area contributed by atoms with Gasteiger partial charge in [0.15, 0.2) is 0 Å². The summed E-state index contributed by atoms with van der Waals surface area (Å²) >= 11 is 0. The van der Waals surface area contributed by atoms with Gasteiger partial charge in [0.05, 0.1) is 6.67 Å². The van der Waals surface area contributed by atoms with Gasteiger partial charge >= 0.3 is 6.61 Å². The summed E-state index contributed by atoms with van der Waals surface area (Å²) in [4.78, 5) is 0. The largest absolute Gasteiger partial charge is 0.435 e. The fourth-order valence-corrected chi connectivity index (χ4v) is 1.83. The molecule has 0 saturated carbocycles. The van der Waals surface area contributed by atoms with Crippen LogP contribution in [0, 0.1) is 11.8 Å². The Balaban J connectivity index is 2.25. The molecule has 0 aliphatic rings. The van der Waals surface area contributed by atoms with Gasteiger partial charge in [0, 0.05) is 17.5 Å². The van der Waals surface area contributed by atoms with E-state index in [4.69, 9.17) is 0 Å². The average molecular weight is 290 g/mol. The van der Waals surface area contributed by atoms with Crippen LogP contribution in [0.1, 0.15) is 16.7 Å². The second-order valence-electron chi connectivity index (χ2n) is 4.26. The number of ether oxygens (including phenoxy) is 1. The van der Waals surface area contributed by atoms with Gasteiger partial charge in [-0.2, -0.15) is 8.78 Å². The lowest BCUT2D eigenvalue weighted by Crippen LogP contribution is -2.05. The highest BCUT2D eigenvalue weighted by Gasteiger charge is 2.10. The molecule has 21 heavy (non-hydrogen) atoms. The van der Waals surface area contributed by atoms with Crippen LogP contribution >= 0.6 is 0 Å². The Hall–Kier alpha value is -2.41. The topological polar surface area (TPSA) is 9.23 Å². The molecule has 0 aliphatic heterocycles. The minimum absolute atomic E-state index is 0.00656. The summed E-state index contributed by atoms with van der Waals surface area (Å²) < 4.78 is 41.4. The van der Waals surface area contributed by atoms with Crippen molar-refractivity contribution in [2.45, 2.75) is 13.0 Å². The van der Waals surface area contributed by atoms with E-state index >= 15 is 0 Å². The van der Waals surface area contributed by atoms with E-state index in [1.54, 1.807) is 12.1 Å². The maximum Gasteiger partial charge on any atom is 0.387 e. The lowest BCUT2D eigenvalue weighted by molar-refractivity contribution is -0.0504. The first kappa shape index (κ1) is 15.0. The van der Waals surface area contributed by atoms with Gasteiger partial charge in [-0.1, -0.05) is 30.0 Å². The Kier molecular flexibility index (Phi) is 5.28. The second kappa shape index (κ2) is 7.39. The van der Waals surface area contributed by atoms with Crippen molar-refractivity contribution >= 4 is 0 Å². The molecule has 0 aromatic heterocycles. The molecule has 0 unspecified atom stereocenters. The van der Waals surface area contributed by atoms with E-state index in [1.165, 1.54) is 6.07 Å². The molecule has 1 nitrogen and oxygen atoms in total. The van der Waals surface area contributed by atoms with Gasteiger partial charge in [-0.25, -0.2) is 0 Å². The molecule has 0 amide bonds. The molecule has 2 aromatic rings. The Bertz CT molecular complexity index is 642. The zero-order valence-corrected chi connectivity index (χ0v) is 11.2. The van der Waals surface area contributed by atoms with Gasteiger partial charge < -0.3 is 4.74 Å². The lowest BCUT2D eigenvalue weighted by atomic mass is 10.1. The fraction of sp³-hybridized carbons (Fsp3) is 0.176. The summed E-state index contributed by atoms with van der Waals surface area (Å²) in [6.07, 6.45) is 0.0168. The molecule has 0 spiro atoms. The van der Waals surface area contributed by atoms with Crippen molar-refractivity contribution in [1.82, 2.24) is 0 Å². The van der Waals surface area contributed by atoms with Gasteiger partial charge in [0.2, 0.25) is 0 Å². The van der Waals surface area contributed by atoms with Crippen molar-refractivity contribution < 1.29 is 17.9 Å². The van der Waals surface area contributed by atoms with E-state index in [0.717, 1.165) is 5.56 Å². The molecule has 0 atom stereocenters. The van der Waals surface area contributed by atoms with Gasteiger partial charge in [0.1, 0.15) is 5.75 Å². The molecule has 108 valence electrons. The predicted molar refractivity (Wildman–Crippen MR) is 75.2 cm³/mol. The van der Waals surface area contributed by atoms with Gasteiger partial charge in [-0.3, -0.25) is 4.39 Å². The highest BCUT2D eigenvalue weighted by Crippen LogP contribution is 2.22. The van der Waals surface area contributed by atoms with E-state index in [2.05, 4.69) is 16.6 Å². The van der Waals surface area contributed by atoms with Crippen LogP contribution in [0.3, 0.4) is 0 Å². The van der Waals surface area contributed by atoms with Crippen molar-refractivity contribution in [2.75, 3.05) is 6.67 Å². The zero-order chi connectivity index (χ0) is 15.1. The summed E-state index contributed by atoms with van der Waals surface area (Å²) in [6.45, 7) is -3.57. The zero-order valence-electron chi connectivity index (χ0n) is 11.2. The summed E-state index contributed by atoms with van der Waals surface area (Å²) in [7, 11) is 0. The van der Waals surface area contributed by atoms with E-state index in [0.29, 0.717) is 11.1 Å². The van der Waals surface area contributed by atoms with Crippen LogP contribution in [0.15, 0.2) is 48.5 Å². The van der Waals surface area contributed by atoms with E-state index < -0.39 is 13.3 Å². The SMILES string of the molecule is FCCc1cc(C#Cc2ccccc2)ccc1OC(F)F. The third-order valence-corrected chi connectivity index (χ3v) is 2.77. The number of alkyl halides is 3. The standard InChI is InChI=1S/C17H13F3O/c18-11-10-15-12-14(8-9-16(15)21-17(19)20)7-6-13-4-2-1-3-5-13/h1-5,8-9,12,17H,10-11H2. The van der Waals surface area contributed by atoms with Crippen molar-refractivity contribution in [3.05, 3.63) is 65.2 Å². The van der Waals surface area contributed by atoms with Gasteiger partial charge in [-0.15, -0.1) is 0 Å². The first-order valence-corrected chi connectivity index (χ1v) is 6.40. The van der Waals surface area contributed by atoms with Crippen molar-refractivity contribution in [3.63, 3.8) is 0 Å². The summed E-state index contributed by atoms with van der Waals surface area (Å²) in [5, 5.41) is 0. The number of rotatable bonds is 4. The van der Waals surface area contributed by atoms with Crippen LogP contribution in [0.25, 0.3) is 0 Å². The van der Waals surface area contributed by atoms with E-state index in [-0.39, 0.29) is 12.2 Å². The molecule has 0 aliphatic carbocycles. The summed E-state index contributed by atoms with van der Waals surface area (Å²) in [5.41, 5.74) is 1.86. The molecule has 0 heterocycles. The number of hydrogen-bond donors (Lipinski definition) is 0. The normalized spacial score (nSPS) is 10.1. The van der Waals surface area contributed by atoms with Crippen LogP contribution in [-0.2, 0) is 6.42 Å². The predicted octanol–water partition coefficient (Wildman–Crippen LogP) is 4.20. The monoisotopic (exact) mass is 290 g/mol. The summed E-state index contributed by atoms with van der Waals surface area (Å²) in [6, 6.07) is 13.9. The Labute approximate surface area is 121 Å². The number of aryl methyl sites for hydroxylation is 1. The number of halogens is 3. The van der Waals surface area contributed by atoms with Crippen molar-refractivity contribution in [3.8, 4) is 17.6 Å². The second-order valence-corrected chi connectivity index (χ2v) is 4.26. The highest BCUT2D eigenvalue weighted by molar-refractivity contribution is 5.47. The molecular formula is C17H13F3O. The molecule has 2 rings (SSSR count). The minimum Gasteiger partial charge on any atom is -0.435 e. The first-order valence-electron chi connectivity index (χ1n) is 6.40. The average Bonchev–Trinajstić information content (AvgIpc) is 2.48. The fourth-order valence-electron chi connectivity index (χ4n) is 1.83. The third-order valence-electron chi connectivity index (χ3n) is 2.77. The minimum atomic E-state index is -2.93. The molecule has 0 N–H and O–H groups in total. The molecule has 2 aromatic carbocycles. The van der Waals surface area contributed by atoms with Crippen LogP contribution in [0.4, 0.5) is 13.2 Å². The highest BCUT2D eigenvalue weighted by atomic mass is 19.3. The molecular weight excluding hydrogens is 277 g/mol. The van der Waals surface area contributed by atoms with E-state index in [9.17, 15) is 13.2 Å². The van der Waals surface area contributed by atoms with Crippen LogP contribution in [0.2, 0.25) is 0 Å². The van der Waals surface area contributed by atoms with E-state index in [1.807, 2.05) is 30.3 Å². The molecule has 0 saturated heterocycles. The quantitative estimate of drug-likeness (QED) is 0.767.